The van der Waals surface area contributed by atoms with E-state index in [1.807, 2.05) is 18.2 Å². The Hall–Kier alpha value is -2.55. The van der Waals surface area contributed by atoms with Crippen LogP contribution in [-0.2, 0) is 24.3 Å². The number of carbonyl (C=O) groups is 2. The Labute approximate surface area is 201 Å². The Morgan fingerprint density at radius 3 is 2.56 bits per heavy atom. The standard InChI is InChI=1S/C26H31NO6S/c1-18-14-21(6-7-24(18)22-5-3-4-19(15-22)17-28)20-8-11-27(12-9-20)34(30,31)25-16-23(10-13-33-25)26(29)32-2/h3-7,14-15,17,20,23,25H,8-13,16H2,1-2H3. The first-order chi connectivity index (χ1) is 16.3. The lowest BCUT2D eigenvalue weighted by molar-refractivity contribution is -0.149. The molecular formula is C26H31NO6S. The molecule has 0 bridgehead atoms. The molecule has 0 spiro atoms. The molecule has 2 heterocycles. The van der Waals surface area contributed by atoms with Crippen molar-refractivity contribution in [3.63, 3.8) is 0 Å². The molecule has 2 saturated heterocycles. The highest BCUT2D eigenvalue weighted by Crippen LogP contribution is 2.35. The van der Waals surface area contributed by atoms with Gasteiger partial charge >= 0.3 is 5.97 Å². The van der Waals surface area contributed by atoms with E-state index >= 15 is 0 Å². The molecule has 7 nitrogen and oxygen atoms in total. The third-order valence-corrected chi connectivity index (χ3v) is 9.06. The highest BCUT2D eigenvalue weighted by molar-refractivity contribution is 7.89. The van der Waals surface area contributed by atoms with Gasteiger partial charge in [0.05, 0.1) is 13.0 Å². The van der Waals surface area contributed by atoms with Crippen LogP contribution in [0.25, 0.3) is 11.1 Å². The highest BCUT2D eigenvalue weighted by Gasteiger charge is 2.40. The summed E-state index contributed by atoms with van der Waals surface area (Å²) in [5.41, 5.74) is 4.07. The number of esters is 1. The molecule has 0 saturated carbocycles. The molecule has 0 amide bonds. The number of sulfonamides is 1. The summed E-state index contributed by atoms with van der Waals surface area (Å²) in [7, 11) is -2.33. The normalized spacial score (nSPS) is 22.3. The third-order valence-electron chi connectivity index (χ3n) is 6.98. The molecule has 0 aromatic heterocycles. The van der Waals surface area contributed by atoms with Crippen LogP contribution in [-0.4, -0.2) is 57.2 Å². The topological polar surface area (TPSA) is 90.0 Å². The van der Waals surface area contributed by atoms with Gasteiger partial charge in [0, 0.05) is 31.7 Å². The van der Waals surface area contributed by atoms with E-state index in [0.29, 0.717) is 25.1 Å². The summed E-state index contributed by atoms with van der Waals surface area (Å²) in [6.07, 6.45) is 2.93. The minimum absolute atomic E-state index is 0.140. The maximum atomic E-state index is 13.2. The second kappa shape index (κ2) is 10.4. The maximum absolute atomic E-state index is 13.2. The largest absolute Gasteiger partial charge is 0.469 e. The minimum Gasteiger partial charge on any atom is -0.469 e. The first kappa shape index (κ1) is 24.6. The van der Waals surface area contributed by atoms with Crippen LogP contribution in [0.15, 0.2) is 42.5 Å². The van der Waals surface area contributed by atoms with Crippen LogP contribution in [0, 0.1) is 12.8 Å². The smallest absolute Gasteiger partial charge is 0.308 e. The minimum atomic E-state index is -3.65. The quantitative estimate of drug-likeness (QED) is 0.455. The first-order valence-corrected chi connectivity index (χ1v) is 13.2. The number of piperidine rings is 1. The molecule has 4 rings (SSSR count). The average Bonchev–Trinajstić information content (AvgIpc) is 2.88. The zero-order valence-corrected chi connectivity index (χ0v) is 20.4. The van der Waals surface area contributed by atoms with Gasteiger partial charge in [0.25, 0.3) is 0 Å². The van der Waals surface area contributed by atoms with Crippen LogP contribution in [0.2, 0.25) is 0 Å². The molecule has 2 atom stereocenters. The fourth-order valence-corrected chi connectivity index (χ4v) is 6.80. The van der Waals surface area contributed by atoms with Crippen molar-refractivity contribution in [2.45, 2.75) is 44.0 Å². The SMILES string of the molecule is COC(=O)C1CCOC(S(=O)(=O)N2CCC(c3ccc(-c4cccc(C=O)c4)c(C)c3)CC2)C1. The van der Waals surface area contributed by atoms with Crippen molar-refractivity contribution < 1.29 is 27.5 Å². The van der Waals surface area contributed by atoms with Crippen LogP contribution < -0.4 is 0 Å². The number of hydrogen-bond donors (Lipinski definition) is 0. The van der Waals surface area contributed by atoms with Gasteiger partial charge in [0.1, 0.15) is 6.29 Å². The third kappa shape index (κ3) is 5.09. The summed E-state index contributed by atoms with van der Waals surface area (Å²) < 4.78 is 38.2. The van der Waals surface area contributed by atoms with E-state index in [1.54, 1.807) is 6.07 Å². The van der Waals surface area contributed by atoms with Crippen molar-refractivity contribution in [2.75, 3.05) is 26.8 Å². The van der Waals surface area contributed by atoms with E-state index in [2.05, 4.69) is 25.1 Å². The van der Waals surface area contributed by atoms with Gasteiger partial charge in [-0.2, -0.15) is 4.31 Å². The summed E-state index contributed by atoms with van der Waals surface area (Å²) >= 11 is 0. The van der Waals surface area contributed by atoms with E-state index in [4.69, 9.17) is 9.47 Å². The second-order valence-corrected chi connectivity index (χ2v) is 11.2. The summed E-state index contributed by atoms with van der Waals surface area (Å²) in [5, 5.41) is 0. The Morgan fingerprint density at radius 2 is 1.88 bits per heavy atom. The Kier molecular flexibility index (Phi) is 7.50. The van der Waals surface area contributed by atoms with Crippen molar-refractivity contribution in [1.82, 2.24) is 4.31 Å². The van der Waals surface area contributed by atoms with Gasteiger partial charge in [-0.05, 0) is 60.4 Å². The molecule has 34 heavy (non-hydrogen) atoms. The number of hydrogen-bond acceptors (Lipinski definition) is 6. The number of aryl methyl sites for hydroxylation is 1. The van der Waals surface area contributed by atoms with Crippen molar-refractivity contribution in [3.8, 4) is 11.1 Å². The van der Waals surface area contributed by atoms with Crippen LogP contribution >= 0.6 is 0 Å². The zero-order valence-electron chi connectivity index (χ0n) is 19.6. The fourth-order valence-electron chi connectivity index (χ4n) is 5.00. The van der Waals surface area contributed by atoms with Gasteiger partial charge in [-0.15, -0.1) is 0 Å². The molecule has 2 aliphatic rings. The molecule has 0 N–H and O–H groups in total. The Balaban J connectivity index is 1.42. The number of carbonyl (C=O) groups excluding carboxylic acids is 2. The first-order valence-electron chi connectivity index (χ1n) is 11.7. The Bertz CT molecular complexity index is 1150. The van der Waals surface area contributed by atoms with E-state index in [-0.39, 0.29) is 24.9 Å². The molecule has 0 aliphatic carbocycles. The fraction of sp³-hybridized carbons (Fsp3) is 0.462. The lowest BCUT2D eigenvalue weighted by atomic mass is 9.87. The van der Waals surface area contributed by atoms with Gasteiger partial charge < -0.3 is 9.47 Å². The van der Waals surface area contributed by atoms with Gasteiger partial charge in [-0.1, -0.05) is 36.4 Å². The van der Waals surface area contributed by atoms with Crippen molar-refractivity contribution in [2.24, 2.45) is 5.92 Å². The monoisotopic (exact) mass is 485 g/mol. The van der Waals surface area contributed by atoms with E-state index in [1.165, 1.54) is 17.0 Å². The predicted octanol–water partition coefficient (Wildman–Crippen LogP) is 3.91. The average molecular weight is 486 g/mol. The molecule has 0 radical (unpaired) electrons. The van der Waals surface area contributed by atoms with Gasteiger partial charge in [-0.25, -0.2) is 8.42 Å². The van der Waals surface area contributed by atoms with Crippen LogP contribution in [0.4, 0.5) is 0 Å². The predicted molar refractivity (Wildman–Crippen MR) is 129 cm³/mol. The molecule has 8 heteroatoms. The number of methoxy groups -OCH3 is 1. The molecule has 2 aromatic rings. The number of ether oxygens (including phenoxy) is 2. The van der Waals surface area contributed by atoms with Gasteiger partial charge in [0.15, 0.2) is 5.44 Å². The lowest BCUT2D eigenvalue weighted by Gasteiger charge is -2.36. The number of rotatable bonds is 6. The van der Waals surface area contributed by atoms with Gasteiger partial charge in [-0.3, -0.25) is 9.59 Å². The summed E-state index contributed by atoms with van der Waals surface area (Å²) in [6, 6.07) is 13.9. The van der Waals surface area contributed by atoms with Gasteiger partial charge in [0.2, 0.25) is 10.0 Å². The van der Waals surface area contributed by atoms with Crippen LogP contribution in [0.1, 0.15) is 53.1 Å². The lowest BCUT2D eigenvalue weighted by Crippen LogP contribution is -2.46. The van der Waals surface area contributed by atoms with E-state index < -0.39 is 21.4 Å². The summed E-state index contributed by atoms with van der Waals surface area (Å²) in [5.74, 6) is -0.542. The summed E-state index contributed by atoms with van der Waals surface area (Å²) in [4.78, 5) is 23.0. The van der Waals surface area contributed by atoms with Crippen LogP contribution in [0.5, 0.6) is 0 Å². The van der Waals surface area contributed by atoms with E-state index in [9.17, 15) is 18.0 Å². The molecule has 182 valence electrons. The van der Waals surface area contributed by atoms with Crippen molar-refractivity contribution in [1.29, 1.82) is 0 Å². The molecule has 2 aliphatic heterocycles. The van der Waals surface area contributed by atoms with Crippen LogP contribution in [0.3, 0.4) is 0 Å². The second-order valence-electron chi connectivity index (χ2n) is 9.08. The molecule has 2 fully saturated rings. The number of aldehydes is 1. The zero-order chi connectivity index (χ0) is 24.3. The molecule has 2 aromatic carbocycles. The van der Waals surface area contributed by atoms with Crippen molar-refractivity contribution >= 4 is 22.3 Å². The van der Waals surface area contributed by atoms with Crippen molar-refractivity contribution in [3.05, 3.63) is 59.2 Å². The highest BCUT2D eigenvalue weighted by atomic mass is 32.2. The number of benzene rings is 2. The maximum Gasteiger partial charge on any atom is 0.308 e. The molecule has 2 unspecified atom stereocenters. The molecular weight excluding hydrogens is 454 g/mol. The van der Waals surface area contributed by atoms with E-state index in [0.717, 1.165) is 35.8 Å². The summed E-state index contributed by atoms with van der Waals surface area (Å²) in [6.45, 7) is 3.15. The number of nitrogens with zero attached hydrogens (tertiary/aromatic N) is 1. The Morgan fingerprint density at radius 1 is 1.12 bits per heavy atom.